The van der Waals surface area contributed by atoms with Crippen molar-refractivity contribution >= 4 is 56.3 Å². The Balaban J connectivity index is 0.000000153. The summed E-state index contributed by atoms with van der Waals surface area (Å²) in [6, 6.07) is 49.8. The van der Waals surface area contributed by atoms with E-state index in [1.54, 1.807) is 19.1 Å². The van der Waals surface area contributed by atoms with Crippen molar-refractivity contribution in [3.8, 4) is 11.1 Å². The number of nitrogens with zero attached hydrogens (tertiary/aromatic N) is 2. The number of hydrogen-bond acceptors (Lipinski definition) is 10. The standard InChI is InChI=1S/C28H25NO4.C19H17NO2.C9H9IO2/c1-3-31-27(30)24-10-6-5-9-23(24)21-13-18(2)12-19(14-21)16-32-28-26-22(17-33-28)15-20-8-4-7-11-25(20)29-26;1-13-5-4-6-14(9-13)11-21-19-18-16(12-22-19)10-15-7-2-3-8-17(15)20-18;1-2-12-9(11)7-5-3-4-6-8(7)10/h4-15,28H,3,16-17H2,1-2H3;2-10,19H,11-12H2,1H3;3-6H,2H2,1H3. The van der Waals surface area contributed by atoms with E-state index in [4.69, 9.17) is 38.4 Å². The van der Waals surface area contributed by atoms with Gasteiger partial charge in [0.25, 0.3) is 0 Å². The molecule has 0 saturated carbocycles. The van der Waals surface area contributed by atoms with Crippen molar-refractivity contribution in [3.63, 3.8) is 0 Å². The zero-order valence-electron chi connectivity index (χ0n) is 37.9. The number of fused-ring (bicyclic) bond motifs is 4. The number of carbonyl (C=O) groups excluding carboxylic acids is 2. The van der Waals surface area contributed by atoms with E-state index in [1.807, 2.05) is 92.7 Å². The fourth-order valence-electron chi connectivity index (χ4n) is 7.94. The summed E-state index contributed by atoms with van der Waals surface area (Å²) in [4.78, 5) is 33.2. The minimum Gasteiger partial charge on any atom is -0.462 e. The molecule has 10 rings (SSSR count). The van der Waals surface area contributed by atoms with Gasteiger partial charge in [0.1, 0.15) is 11.4 Å². The predicted molar refractivity (Wildman–Crippen MR) is 267 cm³/mol. The Bertz CT molecular complexity index is 3030. The van der Waals surface area contributed by atoms with Crippen LogP contribution in [0.15, 0.2) is 152 Å². The first-order valence-electron chi connectivity index (χ1n) is 22.2. The number of aromatic nitrogens is 2. The molecular weight excluding hydrogens is 956 g/mol. The zero-order valence-corrected chi connectivity index (χ0v) is 40.0. The number of hydrogen-bond donors (Lipinski definition) is 0. The van der Waals surface area contributed by atoms with Crippen LogP contribution in [0.25, 0.3) is 32.9 Å². The van der Waals surface area contributed by atoms with E-state index in [1.165, 1.54) is 5.56 Å². The van der Waals surface area contributed by atoms with Gasteiger partial charge in [-0.2, -0.15) is 0 Å². The molecule has 4 heterocycles. The van der Waals surface area contributed by atoms with E-state index in [9.17, 15) is 9.59 Å². The molecule has 2 unspecified atom stereocenters. The smallest absolute Gasteiger partial charge is 0.339 e. The first-order chi connectivity index (χ1) is 32.7. The van der Waals surface area contributed by atoms with Crippen molar-refractivity contribution in [2.24, 2.45) is 0 Å². The molecule has 340 valence electrons. The Morgan fingerprint density at radius 2 is 1.09 bits per heavy atom. The molecule has 0 radical (unpaired) electrons. The number of carbonyl (C=O) groups is 2. The summed E-state index contributed by atoms with van der Waals surface area (Å²) in [6.45, 7) is 10.4. The molecule has 2 atom stereocenters. The van der Waals surface area contributed by atoms with Gasteiger partial charge in [0.2, 0.25) is 12.6 Å². The maximum Gasteiger partial charge on any atom is 0.339 e. The Kier molecular flexibility index (Phi) is 15.8. The summed E-state index contributed by atoms with van der Waals surface area (Å²) in [5.74, 6) is -0.566. The van der Waals surface area contributed by atoms with Crippen LogP contribution < -0.4 is 0 Å². The minimum absolute atomic E-state index is 0.248. The molecule has 6 aromatic carbocycles. The van der Waals surface area contributed by atoms with Crippen molar-refractivity contribution in [2.45, 2.75) is 66.7 Å². The molecule has 0 bridgehead atoms. The van der Waals surface area contributed by atoms with Gasteiger partial charge in [0.15, 0.2) is 0 Å². The summed E-state index contributed by atoms with van der Waals surface area (Å²) < 4.78 is 34.8. The summed E-state index contributed by atoms with van der Waals surface area (Å²) in [6.07, 6.45) is -0.875. The van der Waals surface area contributed by atoms with Crippen LogP contribution in [0.1, 0.15) is 91.9 Å². The minimum atomic E-state index is -0.500. The maximum absolute atomic E-state index is 12.4. The lowest BCUT2D eigenvalue weighted by atomic mass is 9.96. The monoisotopic (exact) mass is 1010 g/mol. The summed E-state index contributed by atoms with van der Waals surface area (Å²) >= 11 is 2.11. The fraction of sp³-hybridized carbons (Fsp3) is 0.214. The quantitative estimate of drug-likeness (QED) is 0.0916. The number of halogens is 1. The van der Waals surface area contributed by atoms with E-state index < -0.39 is 6.29 Å². The van der Waals surface area contributed by atoms with Crippen LogP contribution in [0.5, 0.6) is 0 Å². The molecule has 0 N–H and O–H groups in total. The Morgan fingerprint density at radius 3 is 1.69 bits per heavy atom. The van der Waals surface area contributed by atoms with Crippen LogP contribution >= 0.6 is 22.6 Å². The Hall–Kier alpha value is -6.35. The highest BCUT2D eigenvalue weighted by molar-refractivity contribution is 14.1. The van der Waals surface area contributed by atoms with E-state index in [0.717, 1.165) is 75.7 Å². The van der Waals surface area contributed by atoms with Crippen molar-refractivity contribution in [1.82, 2.24) is 9.97 Å². The summed E-state index contributed by atoms with van der Waals surface area (Å²) in [5, 5.41) is 2.24. The normalized spacial score (nSPS) is 14.6. The molecule has 67 heavy (non-hydrogen) atoms. The number of benzene rings is 6. The molecule has 0 saturated heterocycles. The highest BCUT2D eigenvalue weighted by Gasteiger charge is 2.28. The van der Waals surface area contributed by atoms with Gasteiger partial charge in [0.05, 0.1) is 61.8 Å². The SMILES string of the molecule is CCOC(=O)c1ccccc1-c1cc(C)cc(COC2OCc3cc4ccccc4nc32)c1.CCOC(=O)c1ccccc1I.Cc1cccc(COC2OCc3cc4ccccc4nc32)c1. The van der Waals surface area contributed by atoms with Gasteiger partial charge in [0, 0.05) is 25.5 Å². The second-order valence-electron chi connectivity index (χ2n) is 16.0. The number of esters is 2. The average Bonchev–Trinajstić information content (AvgIpc) is 3.94. The third-order valence-corrected chi connectivity index (χ3v) is 12.0. The highest BCUT2D eigenvalue weighted by atomic mass is 127. The second kappa shape index (κ2) is 22.4. The molecule has 2 aliphatic rings. The molecule has 0 amide bonds. The van der Waals surface area contributed by atoms with Crippen LogP contribution in [0.3, 0.4) is 0 Å². The highest BCUT2D eigenvalue weighted by Crippen LogP contribution is 2.35. The third-order valence-electron chi connectivity index (χ3n) is 11.0. The first-order valence-corrected chi connectivity index (χ1v) is 23.3. The van der Waals surface area contributed by atoms with Gasteiger partial charge < -0.3 is 28.4 Å². The molecule has 0 fully saturated rings. The number of para-hydroxylation sites is 2. The van der Waals surface area contributed by atoms with E-state index in [0.29, 0.717) is 50.8 Å². The van der Waals surface area contributed by atoms with Crippen molar-refractivity contribution in [2.75, 3.05) is 13.2 Å². The van der Waals surface area contributed by atoms with Gasteiger partial charge in [-0.05, 0) is 121 Å². The topological polar surface area (TPSA) is 115 Å². The third kappa shape index (κ3) is 11.8. The summed E-state index contributed by atoms with van der Waals surface area (Å²) in [7, 11) is 0. The van der Waals surface area contributed by atoms with E-state index >= 15 is 0 Å². The Labute approximate surface area is 404 Å². The van der Waals surface area contributed by atoms with Crippen LogP contribution in [-0.2, 0) is 54.8 Å². The van der Waals surface area contributed by atoms with Crippen molar-refractivity contribution in [1.29, 1.82) is 0 Å². The second-order valence-corrected chi connectivity index (χ2v) is 17.2. The maximum atomic E-state index is 12.4. The molecule has 11 heteroatoms. The number of pyridine rings is 2. The molecule has 10 nitrogen and oxygen atoms in total. The van der Waals surface area contributed by atoms with E-state index in [-0.39, 0.29) is 18.2 Å². The zero-order chi connectivity index (χ0) is 46.7. The lowest BCUT2D eigenvalue weighted by Gasteiger charge is -2.15. The first kappa shape index (κ1) is 47.2. The van der Waals surface area contributed by atoms with Gasteiger partial charge >= 0.3 is 11.9 Å². The van der Waals surface area contributed by atoms with Gasteiger partial charge in [-0.1, -0.05) is 114 Å². The molecule has 2 aliphatic heterocycles. The number of aryl methyl sites for hydroxylation is 2. The van der Waals surface area contributed by atoms with Crippen molar-refractivity contribution in [3.05, 3.63) is 211 Å². The van der Waals surface area contributed by atoms with Gasteiger partial charge in [-0.15, -0.1) is 0 Å². The average molecular weight is 1010 g/mol. The van der Waals surface area contributed by atoms with Crippen LogP contribution in [-0.4, -0.2) is 35.1 Å². The van der Waals surface area contributed by atoms with Crippen LogP contribution in [0, 0.1) is 17.4 Å². The lowest BCUT2D eigenvalue weighted by molar-refractivity contribution is -0.147. The lowest BCUT2D eigenvalue weighted by Crippen LogP contribution is -2.07. The van der Waals surface area contributed by atoms with Gasteiger partial charge in [-0.3, -0.25) is 0 Å². The van der Waals surface area contributed by atoms with E-state index in [2.05, 4.69) is 90.2 Å². The predicted octanol–water partition coefficient (Wildman–Crippen LogP) is 12.9. The number of ether oxygens (including phenoxy) is 6. The van der Waals surface area contributed by atoms with Crippen LogP contribution in [0.4, 0.5) is 0 Å². The van der Waals surface area contributed by atoms with Gasteiger partial charge in [-0.25, -0.2) is 19.6 Å². The molecular formula is C56H51IN2O8. The summed E-state index contributed by atoms with van der Waals surface area (Å²) in [5.41, 5.74) is 13.3. The van der Waals surface area contributed by atoms with Crippen molar-refractivity contribution < 1.29 is 38.0 Å². The molecule has 0 aliphatic carbocycles. The molecule has 8 aromatic rings. The van der Waals surface area contributed by atoms with Crippen LogP contribution in [0.2, 0.25) is 0 Å². The molecule has 2 aromatic heterocycles. The fourth-order valence-corrected chi connectivity index (χ4v) is 8.54. The molecule has 0 spiro atoms. The Morgan fingerprint density at radius 1 is 0.567 bits per heavy atom. The number of rotatable bonds is 11. The largest absolute Gasteiger partial charge is 0.462 e.